The van der Waals surface area contributed by atoms with Gasteiger partial charge >= 0.3 is 0 Å². The van der Waals surface area contributed by atoms with Gasteiger partial charge in [-0.2, -0.15) is 0 Å². The van der Waals surface area contributed by atoms with Crippen LogP contribution in [0, 0.1) is 13.8 Å². The summed E-state index contributed by atoms with van der Waals surface area (Å²) in [6, 6.07) is 7.38. The summed E-state index contributed by atoms with van der Waals surface area (Å²) < 4.78 is 6.65. The fraction of sp³-hybridized carbons (Fsp3) is 0.267. The van der Waals surface area contributed by atoms with Crippen LogP contribution in [0.2, 0.25) is 0 Å². The van der Waals surface area contributed by atoms with Crippen molar-refractivity contribution in [1.82, 2.24) is 25.4 Å². The van der Waals surface area contributed by atoms with Crippen LogP contribution in [0.3, 0.4) is 0 Å². The van der Waals surface area contributed by atoms with E-state index in [1.54, 1.807) is 18.7 Å². The van der Waals surface area contributed by atoms with Gasteiger partial charge in [0.25, 0.3) is 0 Å². The molecule has 3 aromatic rings. The first-order valence-electron chi connectivity index (χ1n) is 7.09. The number of anilines is 1. The Morgan fingerprint density at radius 3 is 2.83 bits per heavy atom. The average Bonchev–Trinajstić information content (AvgIpc) is 3.08. The summed E-state index contributed by atoms with van der Waals surface area (Å²) in [5.41, 5.74) is 3.06. The van der Waals surface area contributed by atoms with Gasteiger partial charge in [0.2, 0.25) is 5.91 Å². The summed E-state index contributed by atoms with van der Waals surface area (Å²) in [5, 5.41) is 18.1. The van der Waals surface area contributed by atoms with Gasteiger partial charge in [0.05, 0.1) is 12.1 Å². The van der Waals surface area contributed by atoms with Crippen LogP contribution in [0.1, 0.15) is 17.0 Å². The summed E-state index contributed by atoms with van der Waals surface area (Å²) in [6.45, 7) is 3.62. The lowest BCUT2D eigenvalue weighted by Gasteiger charge is -2.07. The summed E-state index contributed by atoms with van der Waals surface area (Å²) in [6.07, 6.45) is 0.219. The van der Waals surface area contributed by atoms with Crippen molar-refractivity contribution in [2.45, 2.75) is 20.3 Å². The second kappa shape index (κ2) is 5.99. The number of hydrogen-bond donors (Lipinski definition) is 1. The van der Waals surface area contributed by atoms with Crippen molar-refractivity contribution < 1.29 is 9.32 Å². The molecule has 118 valence electrons. The highest BCUT2D eigenvalue weighted by atomic mass is 16.5. The molecule has 1 amide bonds. The van der Waals surface area contributed by atoms with Gasteiger partial charge in [-0.1, -0.05) is 17.3 Å². The number of hydrogen-bond acceptors (Lipinski definition) is 6. The number of carbonyl (C=O) groups excluding carboxylic acids is 1. The maximum Gasteiger partial charge on any atom is 0.228 e. The number of aromatic nitrogens is 5. The summed E-state index contributed by atoms with van der Waals surface area (Å²) >= 11 is 0. The van der Waals surface area contributed by atoms with Crippen LogP contribution < -0.4 is 5.32 Å². The normalized spacial score (nSPS) is 10.7. The van der Waals surface area contributed by atoms with Crippen LogP contribution in [0.25, 0.3) is 11.4 Å². The lowest BCUT2D eigenvalue weighted by molar-refractivity contribution is -0.115. The van der Waals surface area contributed by atoms with Crippen molar-refractivity contribution in [3.63, 3.8) is 0 Å². The van der Waals surface area contributed by atoms with Crippen molar-refractivity contribution in [2.75, 3.05) is 5.32 Å². The fourth-order valence-electron chi connectivity index (χ4n) is 2.33. The third kappa shape index (κ3) is 3.10. The Labute approximate surface area is 132 Å². The Morgan fingerprint density at radius 1 is 1.35 bits per heavy atom. The van der Waals surface area contributed by atoms with E-state index in [0.717, 1.165) is 16.8 Å². The van der Waals surface area contributed by atoms with Crippen LogP contribution in [0.15, 0.2) is 28.8 Å². The lowest BCUT2D eigenvalue weighted by Crippen LogP contribution is -2.15. The molecular formula is C15H16N6O2. The molecule has 0 atom stereocenters. The standard InChI is InChI=1S/C15H16N6O2/c1-9-13(10(2)23-18-9)8-14(22)16-12-6-4-5-11(7-12)15-17-19-20-21(15)3/h4-7H,8H2,1-3H3,(H,16,22). The number of nitrogens with zero attached hydrogens (tertiary/aromatic N) is 5. The Bertz CT molecular complexity index is 832. The predicted octanol–water partition coefficient (Wildman–Crippen LogP) is 1.66. The molecule has 0 bridgehead atoms. The molecule has 0 unspecified atom stereocenters. The first-order valence-corrected chi connectivity index (χ1v) is 7.09. The van der Waals surface area contributed by atoms with Crippen LogP contribution in [0.4, 0.5) is 5.69 Å². The second-order valence-electron chi connectivity index (χ2n) is 5.23. The molecule has 0 aliphatic rings. The number of benzene rings is 1. The van der Waals surface area contributed by atoms with Gasteiger partial charge < -0.3 is 9.84 Å². The van der Waals surface area contributed by atoms with E-state index in [0.29, 0.717) is 17.3 Å². The maximum absolute atomic E-state index is 12.2. The molecule has 8 nitrogen and oxygen atoms in total. The fourth-order valence-corrected chi connectivity index (χ4v) is 2.33. The highest BCUT2D eigenvalue weighted by Crippen LogP contribution is 2.20. The molecule has 23 heavy (non-hydrogen) atoms. The number of nitrogens with one attached hydrogen (secondary N) is 1. The molecule has 0 fully saturated rings. The first-order chi connectivity index (χ1) is 11.0. The Morgan fingerprint density at radius 2 is 2.17 bits per heavy atom. The summed E-state index contributed by atoms with van der Waals surface area (Å²) in [4.78, 5) is 12.2. The molecule has 0 aliphatic heterocycles. The van der Waals surface area contributed by atoms with Gasteiger partial charge in [-0.15, -0.1) is 5.10 Å². The minimum Gasteiger partial charge on any atom is -0.361 e. The van der Waals surface area contributed by atoms with Gasteiger partial charge in [-0.3, -0.25) is 4.79 Å². The quantitative estimate of drug-likeness (QED) is 0.786. The van der Waals surface area contributed by atoms with E-state index in [9.17, 15) is 4.79 Å². The highest BCUT2D eigenvalue weighted by molar-refractivity contribution is 5.93. The molecule has 1 aromatic carbocycles. The average molecular weight is 312 g/mol. The number of carbonyl (C=O) groups is 1. The minimum atomic E-state index is -0.132. The van der Waals surface area contributed by atoms with Crippen LogP contribution in [0.5, 0.6) is 0 Å². The van der Waals surface area contributed by atoms with E-state index in [-0.39, 0.29) is 12.3 Å². The Hall–Kier alpha value is -3.03. The monoisotopic (exact) mass is 312 g/mol. The summed E-state index contributed by atoms with van der Waals surface area (Å²) in [5.74, 6) is 1.16. The van der Waals surface area contributed by atoms with Crippen LogP contribution in [-0.4, -0.2) is 31.3 Å². The SMILES string of the molecule is Cc1noc(C)c1CC(=O)Nc1cccc(-c2nnnn2C)c1. The largest absolute Gasteiger partial charge is 0.361 e. The van der Waals surface area contributed by atoms with Gasteiger partial charge in [0, 0.05) is 23.9 Å². The van der Waals surface area contributed by atoms with E-state index in [4.69, 9.17) is 4.52 Å². The molecular weight excluding hydrogens is 296 g/mol. The third-order valence-electron chi connectivity index (χ3n) is 3.54. The van der Waals surface area contributed by atoms with Crippen molar-refractivity contribution in [3.8, 4) is 11.4 Å². The van der Waals surface area contributed by atoms with E-state index < -0.39 is 0 Å². The van der Waals surface area contributed by atoms with Crippen LogP contribution >= 0.6 is 0 Å². The minimum absolute atomic E-state index is 0.132. The molecule has 0 saturated carbocycles. The molecule has 2 heterocycles. The molecule has 0 saturated heterocycles. The van der Waals surface area contributed by atoms with Crippen molar-refractivity contribution in [2.24, 2.45) is 7.05 Å². The molecule has 0 aliphatic carbocycles. The number of aryl methyl sites for hydroxylation is 3. The van der Waals surface area contributed by atoms with Crippen molar-refractivity contribution in [1.29, 1.82) is 0 Å². The summed E-state index contributed by atoms with van der Waals surface area (Å²) in [7, 11) is 1.76. The Balaban J connectivity index is 1.76. The van der Waals surface area contributed by atoms with Crippen LogP contribution in [-0.2, 0) is 18.3 Å². The zero-order valence-corrected chi connectivity index (χ0v) is 13.1. The lowest BCUT2D eigenvalue weighted by atomic mass is 10.1. The topological polar surface area (TPSA) is 98.7 Å². The van der Waals surface area contributed by atoms with Gasteiger partial charge in [-0.05, 0) is 36.4 Å². The molecule has 3 rings (SSSR count). The number of tetrazole rings is 1. The highest BCUT2D eigenvalue weighted by Gasteiger charge is 2.14. The molecule has 0 spiro atoms. The van der Waals surface area contributed by atoms with Gasteiger partial charge in [0.1, 0.15) is 5.76 Å². The predicted molar refractivity (Wildman–Crippen MR) is 82.5 cm³/mol. The van der Waals surface area contributed by atoms with E-state index >= 15 is 0 Å². The second-order valence-corrected chi connectivity index (χ2v) is 5.23. The smallest absolute Gasteiger partial charge is 0.228 e. The zero-order chi connectivity index (χ0) is 16.4. The van der Waals surface area contributed by atoms with Gasteiger partial charge in [0.15, 0.2) is 5.82 Å². The van der Waals surface area contributed by atoms with E-state index in [1.807, 2.05) is 31.2 Å². The molecule has 8 heteroatoms. The van der Waals surface area contributed by atoms with Gasteiger partial charge in [-0.25, -0.2) is 4.68 Å². The Kier molecular flexibility index (Phi) is 3.88. The molecule has 2 aromatic heterocycles. The molecule has 0 radical (unpaired) electrons. The van der Waals surface area contributed by atoms with Crippen molar-refractivity contribution >= 4 is 11.6 Å². The maximum atomic E-state index is 12.2. The first kappa shape index (κ1) is 14.9. The zero-order valence-electron chi connectivity index (χ0n) is 13.1. The third-order valence-corrected chi connectivity index (χ3v) is 3.54. The van der Waals surface area contributed by atoms with Crippen molar-refractivity contribution in [3.05, 3.63) is 41.3 Å². The number of rotatable bonds is 4. The molecule has 1 N–H and O–H groups in total. The van der Waals surface area contributed by atoms with E-state index in [2.05, 4.69) is 26.0 Å². The number of amides is 1. The van der Waals surface area contributed by atoms with E-state index in [1.165, 1.54) is 0 Å².